The Hall–Kier alpha value is -2.37. The number of aromatic nitrogens is 3. The predicted molar refractivity (Wildman–Crippen MR) is 103 cm³/mol. The third-order valence-electron chi connectivity index (χ3n) is 3.96. The molecule has 134 valence electrons. The van der Waals surface area contributed by atoms with Gasteiger partial charge in [-0.3, -0.25) is 4.79 Å². The Balaban J connectivity index is 1.55. The molecule has 0 unspecified atom stereocenters. The highest BCUT2D eigenvalue weighted by Gasteiger charge is 2.12. The molecule has 0 spiro atoms. The van der Waals surface area contributed by atoms with Gasteiger partial charge in [-0.05, 0) is 49.6 Å². The van der Waals surface area contributed by atoms with Crippen LogP contribution >= 0.6 is 23.2 Å². The molecule has 3 aromatic rings. The van der Waals surface area contributed by atoms with Gasteiger partial charge in [0.05, 0.1) is 16.4 Å². The molecule has 2 heterocycles. The molecular weight excluding hydrogens is 371 g/mol. The SMILES string of the molecule is Cc1nn(-c2ccccc2)cc1CCCNC(=O)c1nc(Cl)ccc1Cl. The first-order valence-electron chi connectivity index (χ1n) is 8.25. The molecule has 1 amide bonds. The molecule has 0 aliphatic rings. The van der Waals surface area contributed by atoms with Gasteiger partial charge in [0.15, 0.2) is 0 Å². The minimum Gasteiger partial charge on any atom is -0.351 e. The Morgan fingerprint density at radius 3 is 2.69 bits per heavy atom. The van der Waals surface area contributed by atoms with Crippen LogP contribution in [-0.2, 0) is 6.42 Å². The number of carbonyl (C=O) groups excluding carboxylic acids is 1. The molecule has 0 fully saturated rings. The topological polar surface area (TPSA) is 59.8 Å². The molecule has 26 heavy (non-hydrogen) atoms. The normalized spacial score (nSPS) is 10.7. The lowest BCUT2D eigenvalue weighted by Gasteiger charge is -2.06. The van der Waals surface area contributed by atoms with Crippen LogP contribution in [-0.4, -0.2) is 27.2 Å². The number of aryl methyl sites for hydroxylation is 2. The van der Waals surface area contributed by atoms with Gasteiger partial charge >= 0.3 is 0 Å². The minimum absolute atomic E-state index is 0.146. The van der Waals surface area contributed by atoms with Crippen molar-refractivity contribution in [3.63, 3.8) is 0 Å². The maximum absolute atomic E-state index is 12.2. The fraction of sp³-hybridized carbons (Fsp3) is 0.211. The third-order valence-corrected chi connectivity index (χ3v) is 4.47. The van der Waals surface area contributed by atoms with E-state index < -0.39 is 0 Å². The molecule has 3 rings (SSSR count). The van der Waals surface area contributed by atoms with E-state index in [1.54, 1.807) is 12.1 Å². The molecule has 0 atom stereocenters. The molecule has 0 aliphatic carbocycles. The highest BCUT2D eigenvalue weighted by atomic mass is 35.5. The van der Waals surface area contributed by atoms with Crippen molar-refractivity contribution in [3.05, 3.63) is 75.8 Å². The van der Waals surface area contributed by atoms with Crippen molar-refractivity contribution in [2.75, 3.05) is 6.54 Å². The van der Waals surface area contributed by atoms with Gasteiger partial charge in [-0.1, -0.05) is 41.4 Å². The molecule has 7 heteroatoms. The first kappa shape index (κ1) is 18.4. The monoisotopic (exact) mass is 388 g/mol. The van der Waals surface area contributed by atoms with Crippen LogP contribution in [0.15, 0.2) is 48.7 Å². The number of carbonyl (C=O) groups is 1. The molecule has 0 bridgehead atoms. The summed E-state index contributed by atoms with van der Waals surface area (Å²) in [5.41, 5.74) is 3.31. The minimum atomic E-state index is -0.325. The quantitative estimate of drug-likeness (QED) is 0.507. The van der Waals surface area contributed by atoms with Crippen LogP contribution in [0.5, 0.6) is 0 Å². The second kappa shape index (κ2) is 8.34. The summed E-state index contributed by atoms with van der Waals surface area (Å²) in [6, 6.07) is 13.1. The standard InChI is InChI=1S/C19H18Cl2N4O/c1-13-14(12-25(24-13)15-7-3-2-4-8-15)6-5-11-22-19(26)18-16(20)9-10-17(21)23-18/h2-4,7-10,12H,5-6,11H2,1H3,(H,22,26). The van der Waals surface area contributed by atoms with E-state index in [0.717, 1.165) is 29.8 Å². The molecule has 0 saturated heterocycles. The molecule has 5 nitrogen and oxygen atoms in total. The van der Waals surface area contributed by atoms with Gasteiger partial charge in [0.2, 0.25) is 0 Å². The summed E-state index contributed by atoms with van der Waals surface area (Å²) >= 11 is 11.8. The van der Waals surface area contributed by atoms with Crippen molar-refractivity contribution in [3.8, 4) is 5.69 Å². The van der Waals surface area contributed by atoms with Gasteiger partial charge in [-0.15, -0.1) is 0 Å². The number of para-hydroxylation sites is 1. The van der Waals surface area contributed by atoms with Gasteiger partial charge in [-0.25, -0.2) is 9.67 Å². The number of halogens is 2. The van der Waals surface area contributed by atoms with Crippen LogP contribution in [0.4, 0.5) is 0 Å². The Morgan fingerprint density at radius 2 is 1.92 bits per heavy atom. The zero-order chi connectivity index (χ0) is 18.5. The van der Waals surface area contributed by atoms with Gasteiger partial charge in [0.1, 0.15) is 10.8 Å². The first-order chi connectivity index (χ1) is 12.5. The van der Waals surface area contributed by atoms with Crippen LogP contribution in [0.2, 0.25) is 10.2 Å². The van der Waals surface area contributed by atoms with Crippen molar-refractivity contribution >= 4 is 29.1 Å². The predicted octanol–water partition coefficient (Wildman–Crippen LogP) is 4.25. The number of nitrogens with zero attached hydrogens (tertiary/aromatic N) is 3. The van der Waals surface area contributed by atoms with Gasteiger partial charge < -0.3 is 5.32 Å². The number of amides is 1. The lowest BCUT2D eigenvalue weighted by Crippen LogP contribution is -2.26. The number of rotatable bonds is 6. The number of nitrogens with one attached hydrogen (secondary N) is 1. The van der Waals surface area contributed by atoms with Crippen molar-refractivity contribution in [1.29, 1.82) is 0 Å². The molecule has 1 aromatic carbocycles. The van der Waals surface area contributed by atoms with Crippen LogP contribution in [0.3, 0.4) is 0 Å². The fourth-order valence-corrected chi connectivity index (χ4v) is 2.93. The summed E-state index contributed by atoms with van der Waals surface area (Å²) in [5, 5.41) is 7.90. The van der Waals surface area contributed by atoms with E-state index in [4.69, 9.17) is 23.2 Å². The largest absolute Gasteiger partial charge is 0.351 e. The smallest absolute Gasteiger partial charge is 0.271 e. The van der Waals surface area contributed by atoms with E-state index in [1.807, 2.05) is 48.1 Å². The average molecular weight is 389 g/mol. The second-order valence-corrected chi connectivity index (χ2v) is 6.64. The zero-order valence-corrected chi connectivity index (χ0v) is 15.8. The summed E-state index contributed by atoms with van der Waals surface area (Å²) < 4.78 is 1.87. The maximum Gasteiger partial charge on any atom is 0.271 e. The molecule has 0 radical (unpaired) electrons. The summed E-state index contributed by atoms with van der Waals surface area (Å²) in [5.74, 6) is -0.325. The first-order valence-corrected chi connectivity index (χ1v) is 9.01. The van der Waals surface area contributed by atoms with Crippen molar-refractivity contribution < 1.29 is 4.79 Å². The number of pyridine rings is 1. The van der Waals surface area contributed by atoms with Crippen molar-refractivity contribution in [2.24, 2.45) is 0 Å². The number of hydrogen-bond donors (Lipinski definition) is 1. The number of benzene rings is 1. The van der Waals surface area contributed by atoms with Gasteiger partial charge in [0, 0.05) is 12.7 Å². The van der Waals surface area contributed by atoms with Crippen LogP contribution in [0, 0.1) is 6.92 Å². The summed E-state index contributed by atoms with van der Waals surface area (Å²) in [6.45, 7) is 2.50. The van der Waals surface area contributed by atoms with E-state index in [-0.39, 0.29) is 21.8 Å². The zero-order valence-electron chi connectivity index (χ0n) is 14.2. The van der Waals surface area contributed by atoms with E-state index in [2.05, 4.69) is 15.4 Å². The third kappa shape index (κ3) is 4.42. The van der Waals surface area contributed by atoms with E-state index in [1.165, 1.54) is 0 Å². The van der Waals surface area contributed by atoms with Crippen LogP contribution < -0.4 is 5.32 Å². The molecular formula is C19H18Cl2N4O. The fourth-order valence-electron chi connectivity index (χ4n) is 2.60. The van der Waals surface area contributed by atoms with Crippen LogP contribution in [0.25, 0.3) is 5.69 Å². The molecule has 1 N–H and O–H groups in total. The highest BCUT2D eigenvalue weighted by molar-refractivity contribution is 6.34. The van der Waals surface area contributed by atoms with Crippen molar-refractivity contribution in [1.82, 2.24) is 20.1 Å². The Morgan fingerprint density at radius 1 is 1.15 bits per heavy atom. The maximum atomic E-state index is 12.2. The highest BCUT2D eigenvalue weighted by Crippen LogP contribution is 2.17. The van der Waals surface area contributed by atoms with Gasteiger partial charge in [-0.2, -0.15) is 5.10 Å². The Bertz CT molecular complexity index is 909. The summed E-state index contributed by atoms with van der Waals surface area (Å²) in [7, 11) is 0. The van der Waals surface area contributed by atoms with E-state index >= 15 is 0 Å². The van der Waals surface area contributed by atoms with Gasteiger partial charge in [0.25, 0.3) is 5.91 Å². The molecule has 0 saturated carbocycles. The Labute approximate surface area is 162 Å². The molecule has 0 aliphatic heterocycles. The van der Waals surface area contributed by atoms with Crippen LogP contribution in [0.1, 0.15) is 28.2 Å². The summed E-state index contributed by atoms with van der Waals surface area (Å²) in [4.78, 5) is 16.1. The average Bonchev–Trinajstić information content (AvgIpc) is 3.02. The van der Waals surface area contributed by atoms with E-state index in [9.17, 15) is 4.79 Å². The second-order valence-electron chi connectivity index (χ2n) is 5.84. The number of hydrogen-bond acceptors (Lipinski definition) is 3. The lowest BCUT2D eigenvalue weighted by molar-refractivity contribution is 0.0948. The Kier molecular flexibility index (Phi) is 5.91. The lowest BCUT2D eigenvalue weighted by atomic mass is 10.1. The molecule has 2 aromatic heterocycles. The summed E-state index contributed by atoms with van der Waals surface area (Å²) in [6.07, 6.45) is 3.63. The van der Waals surface area contributed by atoms with Crippen molar-refractivity contribution in [2.45, 2.75) is 19.8 Å². The van der Waals surface area contributed by atoms with E-state index in [0.29, 0.717) is 6.54 Å².